The molecule has 3 aromatic rings. The minimum Gasteiger partial charge on any atom is -0.434 e. The van der Waals surface area contributed by atoms with Gasteiger partial charge in [-0.1, -0.05) is 36.4 Å². The van der Waals surface area contributed by atoms with Crippen molar-refractivity contribution in [1.29, 1.82) is 0 Å². The summed E-state index contributed by atoms with van der Waals surface area (Å²) in [5, 5.41) is 6.42. The van der Waals surface area contributed by atoms with Gasteiger partial charge in [0.15, 0.2) is 0 Å². The molecule has 2 aromatic carbocycles. The first-order valence-corrected chi connectivity index (χ1v) is 7.73. The number of carbonyl (C=O) groups excluding carboxylic acids is 1. The molecule has 3 N–H and O–H groups in total. The van der Waals surface area contributed by atoms with Gasteiger partial charge >= 0.3 is 12.6 Å². The van der Waals surface area contributed by atoms with E-state index in [1.807, 2.05) is 30.3 Å². The number of urea groups is 1. The molecular formula is C18H17F2N3O2. The number of ether oxygens (including phenoxy) is 1. The Morgan fingerprint density at radius 3 is 2.56 bits per heavy atom. The Hall–Kier alpha value is -3.09. The zero-order valence-electron chi connectivity index (χ0n) is 13.3. The SMILES string of the molecule is O=C(NCc1cc2ccccc2[nH]1)NCc1ccccc1OC(F)F. The van der Waals surface area contributed by atoms with E-state index in [2.05, 4.69) is 20.4 Å². The van der Waals surface area contributed by atoms with E-state index < -0.39 is 12.6 Å². The number of benzene rings is 2. The van der Waals surface area contributed by atoms with Crippen LogP contribution in [-0.4, -0.2) is 17.6 Å². The Labute approximate surface area is 143 Å². The van der Waals surface area contributed by atoms with Gasteiger partial charge in [0.2, 0.25) is 0 Å². The van der Waals surface area contributed by atoms with Crippen LogP contribution in [0.25, 0.3) is 10.9 Å². The van der Waals surface area contributed by atoms with Crippen molar-refractivity contribution >= 4 is 16.9 Å². The van der Waals surface area contributed by atoms with Crippen LogP contribution in [0.5, 0.6) is 5.75 Å². The van der Waals surface area contributed by atoms with Crippen molar-refractivity contribution in [2.45, 2.75) is 19.7 Å². The van der Waals surface area contributed by atoms with Gasteiger partial charge in [0.1, 0.15) is 5.75 Å². The zero-order valence-corrected chi connectivity index (χ0v) is 13.3. The molecule has 7 heteroatoms. The molecule has 0 radical (unpaired) electrons. The fourth-order valence-electron chi connectivity index (χ4n) is 2.50. The average Bonchev–Trinajstić information content (AvgIpc) is 3.01. The normalized spacial score (nSPS) is 10.8. The Kier molecular flexibility index (Phi) is 5.13. The van der Waals surface area contributed by atoms with Crippen LogP contribution in [0.1, 0.15) is 11.3 Å². The van der Waals surface area contributed by atoms with Crippen molar-refractivity contribution in [2.24, 2.45) is 0 Å². The number of H-pyrrole nitrogens is 1. The van der Waals surface area contributed by atoms with Crippen molar-refractivity contribution in [1.82, 2.24) is 15.6 Å². The van der Waals surface area contributed by atoms with Crippen molar-refractivity contribution < 1.29 is 18.3 Å². The molecule has 0 bridgehead atoms. The first kappa shape index (κ1) is 16.8. The number of aromatic nitrogens is 1. The number of para-hydroxylation sites is 2. The van der Waals surface area contributed by atoms with E-state index in [0.29, 0.717) is 12.1 Å². The number of halogens is 2. The van der Waals surface area contributed by atoms with Gasteiger partial charge in [0.25, 0.3) is 0 Å². The van der Waals surface area contributed by atoms with Crippen LogP contribution in [0.3, 0.4) is 0 Å². The van der Waals surface area contributed by atoms with Gasteiger partial charge < -0.3 is 20.4 Å². The second-order valence-electron chi connectivity index (χ2n) is 5.40. The van der Waals surface area contributed by atoms with E-state index in [0.717, 1.165) is 16.6 Å². The number of alkyl halides is 2. The monoisotopic (exact) mass is 345 g/mol. The smallest absolute Gasteiger partial charge is 0.387 e. The number of carbonyl (C=O) groups is 1. The summed E-state index contributed by atoms with van der Waals surface area (Å²) in [5.74, 6) is 0.0495. The summed E-state index contributed by atoms with van der Waals surface area (Å²) in [6, 6.07) is 15.7. The first-order valence-electron chi connectivity index (χ1n) is 7.73. The lowest BCUT2D eigenvalue weighted by Gasteiger charge is -2.11. The Morgan fingerprint density at radius 2 is 1.76 bits per heavy atom. The van der Waals surface area contributed by atoms with Gasteiger partial charge in [0.05, 0.1) is 6.54 Å². The van der Waals surface area contributed by atoms with E-state index in [4.69, 9.17) is 0 Å². The molecular weight excluding hydrogens is 328 g/mol. The molecule has 0 spiro atoms. The summed E-state index contributed by atoms with van der Waals surface area (Å²) in [5.41, 5.74) is 2.35. The quantitative estimate of drug-likeness (QED) is 0.637. The van der Waals surface area contributed by atoms with Gasteiger partial charge in [-0.05, 0) is 23.6 Å². The first-order chi connectivity index (χ1) is 12.1. The summed E-state index contributed by atoms with van der Waals surface area (Å²) in [6.07, 6.45) is 0. The second-order valence-corrected chi connectivity index (χ2v) is 5.40. The fourth-order valence-corrected chi connectivity index (χ4v) is 2.50. The number of nitrogens with one attached hydrogen (secondary N) is 3. The molecule has 0 saturated carbocycles. The summed E-state index contributed by atoms with van der Waals surface area (Å²) < 4.78 is 29.2. The molecule has 0 atom stereocenters. The largest absolute Gasteiger partial charge is 0.434 e. The Bertz CT molecular complexity index is 831. The van der Waals surface area contributed by atoms with Crippen molar-refractivity contribution in [3.63, 3.8) is 0 Å². The van der Waals surface area contributed by atoms with Crippen molar-refractivity contribution in [3.05, 3.63) is 65.9 Å². The standard InChI is InChI=1S/C18H17F2N3O2/c19-17(20)25-16-8-4-2-6-13(16)10-21-18(24)22-11-14-9-12-5-1-3-7-15(12)23-14/h1-9,17,23H,10-11H2,(H2,21,22,24). The van der Waals surface area contributed by atoms with Gasteiger partial charge in [-0.2, -0.15) is 8.78 Å². The lowest BCUT2D eigenvalue weighted by Crippen LogP contribution is -2.34. The molecule has 5 nitrogen and oxygen atoms in total. The maximum atomic E-state index is 12.4. The predicted octanol–water partition coefficient (Wildman–Crippen LogP) is 3.77. The fraction of sp³-hybridized carbons (Fsp3) is 0.167. The molecule has 2 amide bonds. The zero-order chi connectivity index (χ0) is 17.6. The maximum absolute atomic E-state index is 12.4. The number of amides is 2. The summed E-state index contributed by atoms with van der Waals surface area (Å²) >= 11 is 0. The topological polar surface area (TPSA) is 66.2 Å². The number of aromatic amines is 1. The average molecular weight is 345 g/mol. The van der Waals surface area contributed by atoms with E-state index in [1.54, 1.807) is 18.2 Å². The van der Waals surface area contributed by atoms with Crippen molar-refractivity contribution in [3.8, 4) is 5.75 Å². The van der Waals surface area contributed by atoms with Crippen LogP contribution in [0.15, 0.2) is 54.6 Å². The van der Waals surface area contributed by atoms with E-state index in [-0.39, 0.29) is 12.3 Å². The number of rotatable bonds is 6. The summed E-state index contributed by atoms with van der Waals surface area (Å²) in [4.78, 5) is 15.1. The molecule has 0 unspecified atom stereocenters. The third-order valence-electron chi connectivity index (χ3n) is 3.65. The highest BCUT2D eigenvalue weighted by Gasteiger charge is 2.10. The molecule has 3 rings (SSSR count). The van der Waals surface area contributed by atoms with Gasteiger partial charge in [-0.15, -0.1) is 0 Å². The number of fused-ring (bicyclic) bond motifs is 1. The van der Waals surface area contributed by atoms with Gasteiger partial charge in [-0.3, -0.25) is 0 Å². The van der Waals surface area contributed by atoms with Crippen LogP contribution < -0.4 is 15.4 Å². The number of hydrogen-bond acceptors (Lipinski definition) is 2. The molecule has 1 aromatic heterocycles. The van der Waals surface area contributed by atoms with E-state index in [1.165, 1.54) is 6.07 Å². The van der Waals surface area contributed by atoms with Crippen LogP contribution >= 0.6 is 0 Å². The van der Waals surface area contributed by atoms with Gasteiger partial charge in [-0.25, -0.2) is 4.79 Å². The van der Waals surface area contributed by atoms with Gasteiger partial charge in [0, 0.05) is 23.3 Å². The highest BCUT2D eigenvalue weighted by Crippen LogP contribution is 2.20. The lowest BCUT2D eigenvalue weighted by molar-refractivity contribution is -0.0504. The molecule has 130 valence electrons. The predicted molar refractivity (Wildman–Crippen MR) is 90.4 cm³/mol. The molecule has 0 saturated heterocycles. The Morgan fingerprint density at radius 1 is 1.04 bits per heavy atom. The van der Waals surface area contributed by atoms with E-state index in [9.17, 15) is 13.6 Å². The minimum atomic E-state index is -2.91. The molecule has 0 aliphatic rings. The molecule has 0 aliphatic heterocycles. The molecule has 0 fully saturated rings. The minimum absolute atomic E-state index is 0.0495. The van der Waals surface area contributed by atoms with Crippen LogP contribution in [0.2, 0.25) is 0 Å². The third kappa shape index (κ3) is 4.47. The summed E-state index contributed by atoms with van der Waals surface area (Å²) in [6.45, 7) is -2.49. The molecule has 25 heavy (non-hydrogen) atoms. The van der Waals surface area contributed by atoms with Crippen molar-refractivity contribution in [2.75, 3.05) is 0 Å². The Balaban J connectivity index is 1.53. The lowest BCUT2D eigenvalue weighted by atomic mass is 10.2. The molecule has 1 heterocycles. The van der Waals surface area contributed by atoms with Crippen LogP contribution in [0, 0.1) is 0 Å². The van der Waals surface area contributed by atoms with Crippen LogP contribution in [-0.2, 0) is 13.1 Å². The molecule has 0 aliphatic carbocycles. The highest BCUT2D eigenvalue weighted by molar-refractivity contribution is 5.80. The highest BCUT2D eigenvalue weighted by atomic mass is 19.3. The maximum Gasteiger partial charge on any atom is 0.387 e. The third-order valence-corrected chi connectivity index (χ3v) is 3.65. The number of hydrogen-bond donors (Lipinski definition) is 3. The summed E-state index contributed by atoms with van der Waals surface area (Å²) in [7, 11) is 0. The second kappa shape index (κ2) is 7.65. The van der Waals surface area contributed by atoms with E-state index >= 15 is 0 Å². The van der Waals surface area contributed by atoms with Crippen LogP contribution in [0.4, 0.5) is 13.6 Å².